The number of amides is 2. The maximum atomic E-state index is 15.0. The molecule has 90 heavy (non-hydrogen) atoms. The third-order valence-electron chi connectivity index (χ3n) is 13.2. The molecule has 0 fully saturated rings. The van der Waals surface area contributed by atoms with Gasteiger partial charge in [0.25, 0.3) is 11.8 Å². The summed E-state index contributed by atoms with van der Waals surface area (Å²) in [5.41, 5.74) is -0.702. The van der Waals surface area contributed by atoms with E-state index >= 15 is 0 Å². The lowest BCUT2D eigenvalue weighted by Gasteiger charge is -2.15. The first-order valence-electron chi connectivity index (χ1n) is 26.5. The first-order valence-corrected chi connectivity index (χ1v) is 27.3. The van der Waals surface area contributed by atoms with Crippen LogP contribution in [-0.4, -0.2) is 88.4 Å². The number of carbonyl (C=O) groups excluding carboxylic acids is 2. The predicted octanol–water partition coefficient (Wildman–Crippen LogP) is 13.5. The van der Waals surface area contributed by atoms with Crippen molar-refractivity contribution in [2.75, 3.05) is 51.3 Å². The number of halogens is 13. The van der Waals surface area contributed by atoms with Crippen LogP contribution in [0.1, 0.15) is 43.2 Å². The van der Waals surface area contributed by atoms with Crippen molar-refractivity contribution in [3.8, 4) is 33.5 Å². The Labute approximate surface area is 512 Å². The number of hydrogen-bond acceptors (Lipinski definition) is 10. The highest BCUT2D eigenvalue weighted by Crippen LogP contribution is 2.39. The zero-order valence-electron chi connectivity index (χ0n) is 46.9. The van der Waals surface area contributed by atoms with E-state index in [1.54, 1.807) is 48.2 Å². The number of imidazole rings is 2. The van der Waals surface area contributed by atoms with E-state index in [2.05, 4.69) is 36.5 Å². The average Bonchev–Trinajstić information content (AvgIpc) is 1.63. The van der Waals surface area contributed by atoms with Crippen molar-refractivity contribution >= 4 is 63.0 Å². The molecule has 0 aliphatic heterocycles. The van der Waals surface area contributed by atoms with E-state index < -0.39 is 93.9 Å². The Morgan fingerprint density at radius 2 is 0.967 bits per heavy atom. The molecule has 28 heteroatoms. The largest absolute Gasteiger partial charge is 0.491 e. The maximum Gasteiger partial charge on any atom is 0.491 e. The number of carbonyl (C=O) groups is 2. The fourth-order valence-corrected chi connectivity index (χ4v) is 9.40. The van der Waals surface area contributed by atoms with Crippen molar-refractivity contribution in [2.24, 2.45) is 0 Å². The highest BCUT2D eigenvalue weighted by molar-refractivity contribution is 9.10. The van der Waals surface area contributed by atoms with E-state index in [0.717, 1.165) is 60.7 Å². The second kappa shape index (κ2) is 29.6. The number of nitrogens with zero attached hydrogens (tertiary/aromatic N) is 4. The van der Waals surface area contributed by atoms with Gasteiger partial charge < -0.3 is 39.6 Å². The molecule has 4 N–H and O–H groups in total. The van der Waals surface area contributed by atoms with Gasteiger partial charge in [0.05, 0.1) is 79.0 Å². The van der Waals surface area contributed by atoms with E-state index in [9.17, 15) is 62.3 Å². The van der Waals surface area contributed by atoms with E-state index in [0.29, 0.717) is 45.8 Å². The minimum Gasteiger partial charge on any atom is -0.423 e. The topological polar surface area (TPSA) is 170 Å². The molecule has 0 atom stereocenters. The second-order valence-electron chi connectivity index (χ2n) is 19.1. The normalized spacial score (nSPS) is 11.5. The summed E-state index contributed by atoms with van der Waals surface area (Å²) in [7, 11) is 1.09. The zero-order chi connectivity index (χ0) is 65.0. The molecule has 0 spiro atoms. The molecule has 10 rings (SSSR count). The van der Waals surface area contributed by atoms with Crippen LogP contribution >= 0.6 is 15.9 Å². The molecule has 0 saturated heterocycles. The quantitative estimate of drug-likeness (QED) is 0.0368. The van der Waals surface area contributed by atoms with Crippen molar-refractivity contribution < 1.29 is 91.3 Å². The van der Waals surface area contributed by atoms with Crippen molar-refractivity contribution in [2.45, 2.75) is 25.6 Å². The van der Waals surface area contributed by atoms with E-state index in [-0.39, 0.29) is 66.0 Å². The van der Waals surface area contributed by atoms with Crippen molar-refractivity contribution in [3.05, 3.63) is 231 Å². The van der Waals surface area contributed by atoms with Crippen molar-refractivity contribution in [3.63, 3.8) is 0 Å². The number of methoxy groups -OCH3 is 2. The van der Waals surface area contributed by atoms with Gasteiger partial charge in [0, 0.05) is 60.1 Å². The van der Waals surface area contributed by atoms with Gasteiger partial charge >= 0.3 is 19.5 Å². The van der Waals surface area contributed by atoms with Gasteiger partial charge in [0.1, 0.15) is 27.5 Å². The first-order chi connectivity index (χ1) is 42.9. The molecule has 14 nitrogen and oxygen atoms in total. The van der Waals surface area contributed by atoms with Crippen LogP contribution in [0.2, 0.25) is 0 Å². The second-order valence-corrected chi connectivity index (χ2v) is 19.9. The summed E-state index contributed by atoms with van der Waals surface area (Å²) in [6, 6.07) is 29.2. The standard InChI is InChI=1S/C31H23F6N3O3.C25H20BrF4N3O3.C6H5BF2O2/c1-42-14-15-43-17-26-28(22-4-2-6-25(33)27(22)34)40-13-3-5-21(29(40)39-26)18-7-12-24(31(35,36)37)23(16-18)30(41)38-20-10-8-19(32)9-11-20;1-35-11-12-36-14-21-22(26)33-10-2-3-18(23(33)32-21)15-4-9-20(25(28,29)30)19(13-15)24(34)31-17-7-5-16(27)6-8-17;8-5-3-1-2-4(6(5)9)7(10)11/h2-13,16H,14-15,17H2,1H3,(H,38,41);2-10,13H,11-12,14H2,1H3,(H,31,34);1-3,10-11H. The Bertz CT molecular complexity index is 4170. The Morgan fingerprint density at radius 1 is 0.533 bits per heavy atom. The number of pyridine rings is 2. The molecule has 4 aromatic heterocycles. The minimum absolute atomic E-state index is 0.0956. The predicted molar refractivity (Wildman–Crippen MR) is 312 cm³/mol. The molecule has 10 aromatic rings. The van der Waals surface area contributed by atoms with Crippen LogP contribution in [0.25, 0.3) is 44.8 Å². The smallest absolute Gasteiger partial charge is 0.423 e. The van der Waals surface area contributed by atoms with Gasteiger partial charge in [-0.25, -0.2) is 36.3 Å². The number of alkyl halides is 6. The Hall–Kier alpha value is -8.90. The molecular weight excluding hydrogens is 1280 g/mol. The Balaban J connectivity index is 0.000000201. The molecule has 0 aliphatic carbocycles. The monoisotopic (exact) mass is 1320 g/mol. The SMILES string of the molecule is COCCOCc1nc2c(-c3ccc(C(F)(F)F)c(C(=O)Nc4ccc(F)cc4)c3)cccn2c1-c1cccc(F)c1F.COCCOCc1nc2c(-c3ccc(C(F)(F)F)c(C(=O)Nc4ccc(F)cc4)c3)cccn2c1Br.OB(O)c1cccc(F)c1F. The summed E-state index contributed by atoms with van der Waals surface area (Å²) in [6.45, 7) is 1.35. The highest BCUT2D eigenvalue weighted by atomic mass is 79.9. The summed E-state index contributed by atoms with van der Waals surface area (Å²) in [5.74, 6) is -7.64. The van der Waals surface area contributed by atoms with E-state index in [1.807, 2.05) is 0 Å². The number of benzene rings is 6. The van der Waals surface area contributed by atoms with Crippen LogP contribution in [0.15, 0.2) is 163 Å². The first kappa shape index (κ1) is 67.0. The van der Waals surface area contributed by atoms with Crippen LogP contribution in [0.4, 0.5) is 64.1 Å². The molecule has 6 aromatic carbocycles. The van der Waals surface area contributed by atoms with Gasteiger partial charge in [0.2, 0.25) is 0 Å². The summed E-state index contributed by atoms with van der Waals surface area (Å²) < 4.78 is 189. The van der Waals surface area contributed by atoms with Gasteiger partial charge in [-0.2, -0.15) is 26.3 Å². The molecule has 468 valence electrons. The fraction of sp³-hybridized carbons (Fsp3) is 0.161. The van der Waals surface area contributed by atoms with Gasteiger partial charge in [-0.15, -0.1) is 0 Å². The highest BCUT2D eigenvalue weighted by Gasteiger charge is 2.37. The summed E-state index contributed by atoms with van der Waals surface area (Å²) >= 11 is 3.49. The number of aromatic nitrogens is 4. The molecule has 0 saturated carbocycles. The average molecular weight is 1320 g/mol. The number of fused-ring (bicyclic) bond motifs is 2. The van der Waals surface area contributed by atoms with Crippen LogP contribution in [0.5, 0.6) is 0 Å². The van der Waals surface area contributed by atoms with Gasteiger partial charge in [-0.05, 0) is 142 Å². The lowest BCUT2D eigenvalue weighted by atomic mass is 9.80. The van der Waals surface area contributed by atoms with Crippen molar-refractivity contribution in [1.82, 2.24) is 18.8 Å². The summed E-state index contributed by atoms with van der Waals surface area (Å²) in [6.07, 6.45) is -6.32. The summed E-state index contributed by atoms with van der Waals surface area (Å²) in [4.78, 5) is 35.2. The third kappa shape index (κ3) is 16.1. The van der Waals surface area contributed by atoms with Gasteiger partial charge in [-0.1, -0.05) is 30.3 Å². The number of hydrogen-bond donors (Lipinski definition) is 4. The number of nitrogens with one attached hydrogen (secondary N) is 2. The molecular formula is C62H48BBrF12N6O8. The van der Waals surface area contributed by atoms with Crippen LogP contribution in [-0.2, 0) is 44.5 Å². The van der Waals surface area contributed by atoms with Crippen LogP contribution < -0.4 is 16.1 Å². The Morgan fingerprint density at radius 3 is 1.43 bits per heavy atom. The minimum atomic E-state index is -4.86. The molecule has 0 radical (unpaired) electrons. The lowest BCUT2D eigenvalue weighted by molar-refractivity contribution is -0.138. The van der Waals surface area contributed by atoms with E-state index in [4.69, 9.17) is 29.0 Å². The van der Waals surface area contributed by atoms with Crippen LogP contribution in [0.3, 0.4) is 0 Å². The van der Waals surface area contributed by atoms with Gasteiger partial charge in [-0.3, -0.25) is 18.4 Å². The lowest BCUT2D eigenvalue weighted by Crippen LogP contribution is -2.33. The molecule has 2 amide bonds. The number of anilines is 2. The molecule has 0 aliphatic rings. The van der Waals surface area contributed by atoms with Crippen molar-refractivity contribution in [1.29, 1.82) is 0 Å². The molecule has 0 bridgehead atoms. The molecule has 0 unspecified atom stereocenters. The molecule has 4 heterocycles. The third-order valence-corrected chi connectivity index (χ3v) is 14.0. The zero-order valence-corrected chi connectivity index (χ0v) is 48.5. The number of ether oxygens (including phenoxy) is 4. The van der Waals surface area contributed by atoms with E-state index in [1.165, 1.54) is 72.2 Å². The number of rotatable bonds is 18. The maximum absolute atomic E-state index is 15.0. The summed E-state index contributed by atoms with van der Waals surface area (Å²) in [5, 5.41) is 21.7. The van der Waals surface area contributed by atoms with Gasteiger partial charge in [0.15, 0.2) is 23.3 Å². The van der Waals surface area contributed by atoms with Crippen LogP contribution in [0, 0.1) is 34.9 Å². The Kier molecular flexibility index (Phi) is 22.1. The fourth-order valence-electron chi connectivity index (χ4n) is 8.91.